The van der Waals surface area contributed by atoms with Crippen LogP contribution in [0.4, 0.5) is 0 Å². The summed E-state index contributed by atoms with van der Waals surface area (Å²) in [5, 5.41) is 0. The fraction of sp³-hybridized carbons (Fsp3) is 0.647. The highest BCUT2D eigenvalue weighted by Crippen LogP contribution is 2.39. The minimum Gasteiger partial charge on any atom is -0.376 e. The Kier molecular flexibility index (Phi) is 5.01. The van der Waals surface area contributed by atoms with Gasteiger partial charge >= 0.3 is 0 Å². The van der Waals surface area contributed by atoms with Gasteiger partial charge < -0.3 is 28.4 Å². The molecule has 0 saturated carbocycles. The first-order chi connectivity index (χ1) is 11.1. The van der Waals surface area contributed by atoms with Crippen LogP contribution >= 0.6 is 0 Å². The van der Waals surface area contributed by atoms with Crippen LogP contribution in [-0.2, 0) is 34.2 Å². The second-order valence-electron chi connectivity index (χ2n) is 5.88. The molecule has 3 rings (SSSR count). The van der Waals surface area contributed by atoms with Gasteiger partial charge in [-0.25, -0.2) is 0 Å². The van der Waals surface area contributed by atoms with Gasteiger partial charge in [0.2, 0.25) is 0 Å². The molecule has 1 aromatic rings. The van der Waals surface area contributed by atoms with Gasteiger partial charge in [0, 0.05) is 26.9 Å². The lowest BCUT2D eigenvalue weighted by molar-refractivity contribution is -0.393. The summed E-state index contributed by atoms with van der Waals surface area (Å²) in [5.74, 6) is -0.846. The van der Waals surface area contributed by atoms with E-state index in [1.807, 2.05) is 37.3 Å². The summed E-state index contributed by atoms with van der Waals surface area (Å²) in [6.45, 7) is 2.31. The topological polar surface area (TPSA) is 55.4 Å². The molecule has 0 aromatic heterocycles. The van der Waals surface area contributed by atoms with E-state index in [1.54, 1.807) is 21.3 Å². The Labute approximate surface area is 136 Å². The van der Waals surface area contributed by atoms with Crippen LogP contribution in [0.25, 0.3) is 0 Å². The first-order valence-corrected chi connectivity index (χ1v) is 7.74. The number of rotatable bonds is 4. The zero-order valence-corrected chi connectivity index (χ0v) is 13.9. The molecule has 128 valence electrons. The van der Waals surface area contributed by atoms with Gasteiger partial charge in [-0.2, -0.15) is 0 Å². The van der Waals surface area contributed by atoms with Crippen LogP contribution in [0.15, 0.2) is 30.3 Å². The second kappa shape index (κ2) is 6.84. The van der Waals surface area contributed by atoms with Crippen molar-refractivity contribution in [3.05, 3.63) is 35.9 Å². The Morgan fingerprint density at radius 2 is 1.70 bits per heavy atom. The standard InChI is InChI=1S/C17H24O6/c1-17(11-8-6-5-7-9-11)21-10-12-13(23-17)14(18-2)15(19-3)16(20-4)22-12/h5-9,12-16H,10H2,1-4H3/t12-,13-,14+,15-,16+,17+/m1/s1. The van der Waals surface area contributed by atoms with Crippen LogP contribution in [-0.4, -0.2) is 58.6 Å². The molecule has 0 radical (unpaired) electrons. The van der Waals surface area contributed by atoms with Crippen molar-refractivity contribution in [2.24, 2.45) is 0 Å². The van der Waals surface area contributed by atoms with E-state index in [2.05, 4.69) is 0 Å². The molecule has 0 aliphatic carbocycles. The van der Waals surface area contributed by atoms with Crippen LogP contribution in [0.1, 0.15) is 12.5 Å². The quantitative estimate of drug-likeness (QED) is 0.840. The van der Waals surface area contributed by atoms with Crippen LogP contribution in [0.3, 0.4) is 0 Å². The van der Waals surface area contributed by atoms with Crippen LogP contribution in [0, 0.1) is 0 Å². The van der Waals surface area contributed by atoms with Crippen LogP contribution in [0.2, 0.25) is 0 Å². The summed E-state index contributed by atoms with van der Waals surface area (Å²) < 4.78 is 34.7. The zero-order valence-electron chi connectivity index (χ0n) is 13.9. The van der Waals surface area contributed by atoms with Gasteiger partial charge in [0.1, 0.15) is 24.4 Å². The molecule has 6 heteroatoms. The predicted molar refractivity (Wildman–Crippen MR) is 81.9 cm³/mol. The van der Waals surface area contributed by atoms with Gasteiger partial charge in [-0.05, 0) is 6.92 Å². The molecular weight excluding hydrogens is 300 g/mol. The lowest BCUT2D eigenvalue weighted by atomic mass is 9.95. The summed E-state index contributed by atoms with van der Waals surface area (Å²) in [4.78, 5) is 0. The van der Waals surface area contributed by atoms with E-state index in [1.165, 1.54) is 0 Å². The summed E-state index contributed by atoms with van der Waals surface area (Å²) in [6, 6.07) is 9.85. The molecule has 2 fully saturated rings. The fourth-order valence-electron chi connectivity index (χ4n) is 3.29. The molecule has 0 spiro atoms. The van der Waals surface area contributed by atoms with Crippen molar-refractivity contribution in [1.29, 1.82) is 0 Å². The third-order valence-electron chi connectivity index (χ3n) is 4.55. The highest BCUT2D eigenvalue weighted by atomic mass is 16.8. The molecule has 0 bridgehead atoms. The number of hydrogen-bond acceptors (Lipinski definition) is 6. The average molecular weight is 324 g/mol. The molecule has 2 saturated heterocycles. The largest absolute Gasteiger partial charge is 0.376 e. The maximum absolute atomic E-state index is 6.28. The monoisotopic (exact) mass is 324 g/mol. The van der Waals surface area contributed by atoms with Gasteiger partial charge in [0.25, 0.3) is 0 Å². The van der Waals surface area contributed by atoms with Crippen molar-refractivity contribution < 1.29 is 28.4 Å². The number of methoxy groups -OCH3 is 3. The van der Waals surface area contributed by atoms with Crippen molar-refractivity contribution in [2.45, 2.75) is 43.4 Å². The number of hydrogen-bond donors (Lipinski definition) is 0. The highest BCUT2D eigenvalue weighted by Gasteiger charge is 2.53. The Morgan fingerprint density at radius 1 is 1.00 bits per heavy atom. The Bertz CT molecular complexity index is 509. The highest BCUT2D eigenvalue weighted by molar-refractivity contribution is 5.20. The van der Waals surface area contributed by atoms with E-state index in [4.69, 9.17) is 28.4 Å². The first-order valence-electron chi connectivity index (χ1n) is 7.74. The summed E-state index contributed by atoms with van der Waals surface area (Å²) in [5.41, 5.74) is 0.955. The molecule has 0 amide bonds. The van der Waals surface area contributed by atoms with Crippen molar-refractivity contribution in [3.8, 4) is 0 Å². The molecule has 0 unspecified atom stereocenters. The summed E-state index contributed by atoms with van der Waals surface area (Å²) in [7, 11) is 4.84. The lowest BCUT2D eigenvalue weighted by Gasteiger charge is -2.50. The molecule has 23 heavy (non-hydrogen) atoms. The minimum atomic E-state index is -0.846. The molecule has 0 N–H and O–H groups in total. The van der Waals surface area contributed by atoms with E-state index in [0.29, 0.717) is 6.61 Å². The minimum absolute atomic E-state index is 0.270. The summed E-state index contributed by atoms with van der Waals surface area (Å²) in [6.07, 6.45) is -1.78. The van der Waals surface area contributed by atoms with E-state index >= 15 is 0 Å². The van der Waals surface area contributed by atoms with E-state index in [0.717, 1.165) is 5.56 Å². The second-order valence-corrected chi connectivity index (χ2v) is 5.88. The normalized spacial score (nSPS) is 40.6. The van der Waals surface area contributed by atoms with Crippen molar-refractivity contribution in [2.75, 3.05) is 27.9 Å². The molecule has 2 aliphatic heterocycles. The van der Waals surface area contributed by atoms with Crippen LogP contribution in [0.5, 0.6) is 0 Å². The SMILES string of the molecule is CO[C@H]1O[C@@H]2CO[C@](C)(c3ccccc3)O[C@H]2[C@H](OC)[C@H]1OC. The maximum Gasteiger partial charge on any atom is 0.192 e. The third kappa shape index (κ3) is 3.03. The van der Waals surface area contributed by atoms with Crippen molar-refractivity contribution in [1.82, 2.24) is 0 Å². The Hall–Kier alpha value is -1.02. The van der Waals surface area contributed by atoms with E-state index in [9.17, 15) is 0 Å². The van der Waals surface area contributed by atoms with Gasteiger partial charge in [-0.1, -0.05) is 30.3 Å². The van der Waals surface area contributed by atoms with Crippen molar-refractivity contribution >= 4 is 0 Å². The molecule has 1 aromatic carbocycles. The Balaban J connectivity index is 1.86. The third-order valence-corrected chi connectivity index (χ3v) is 4.55. The first kappa shape index (κ1) is 16.8. The average Bonchev–Trinajstić information content (AvgIpc) is 2.60. The number of benzene rings is 1. The molecule has 2 aliphatic rings. The predicted octanol–water partition coefficient (Wildman–Crippen LogP) is 1.68. The van der Waals surface area contributed by atoms with Gasteiger partial charge in [0.15, 0.2) is 12.1 Å². The Morgan fingerprint density at radius 3 is 2.30 bits per heavy atom. The zero-order chi connectivity index (χ0) is 16.4. The van der Waals surface area contributed by atoms with Gasteiger partial charge in [-0.15, -0.1) is 0 Å². The van der Waals surface area contributed by atoms with E-state index in [-0.39, 0.29) is 24.4 Å². The number of ether oxygens (including phenoxy) is 6. The smallest absolute Gasteiger partial charge is 0.192 e. The van der Waals surface area contributed by atoms with Crippen molar-refractivity contribution in [3.63, 3.8) is 0 Å². The molecular formula is C17H24O6. The molecule has 2 heterocycles. The van der Waals surface area contributed by atoms with E-state index < -0.39 is 12.1 Å². The van der Waals surface area contributed by atoms with Gasteiger partial charge in [0.05, 0.1) is 6.61 Å². The maximum atomic E-state index is 6.28. The van der Waals surface area contributed by atoms with Crippen LogP contribution < -0.4 is 0 Å². The number of fused-ring (bicyclic) bond motifs is 1. The lowest BCUT2D eigenvalue weighted by Crippen LogP contribution is -2.65. The van der Waals surface area contributed by atoms with Gasteiger partial charge in [-0.3, -0.25) is 0 Å². The fourth-order valence-corrected chi connectivity index (χ4v) is 3.29. The summed E-state index contributed by atoms with van der Waals surface area (Å²) >= 11 is 0. The molecule has 6 atom stereocenters. The molecule has 6 nitrogen and oxygen atoms in total.